The maximum absolute atomic E-state index is 13.9. The van der Waals surface area contributed by atoms with Crippen molar-refractivity contribution < 1.29 is 22.1 Å². The lowest BCUT2D eigenvalue weighted by Crippen LogP contribution is -2.50. The van der Waals surface area contributed by atoms with Gasteiger partial charge in [0.1, 0.15) is 6.29 Å². The predicted octanol–water partition coefficient (Wildman–Crippen LogP) is 7.37. The molecule has 1 atom stereocenters. The lowest BCUT2D eigenvalue weighted by Gasteiger charge is -2.40. The van der Waals surface area contributed by atoms with Crippen molar-refractivity contribution in [3.63, 3.8) is 0 Å². The second-order valence-electron chi connectivity index (χ2n) is 13.4. The van der Waals surface area contributed by atoms with Crippen molar-refractivity contribution in [3.05, 3.63) is 29.8 Å². The van der Waals surface area contributed by atoms with Crippen LogP contribution < -0.4 is 0 Å². The summed E-state index contributed by atoms with van der Waals surface area (Å²) in [7, 11) is -7.76. The van der Waals surface area contributed by atoms with E-state index in [0.29, 0.717) is 32.5 Å². The van der Waals surface area contributed by atoms with E-state index in [1.807, 2.05) is 26.0 Å². The Balaban J connectivity index is 3.23. The van der Waals surface area contributed by atoms with Crippen LogP contribution in [0.5, 0.6) is 0 Å². The number of hydrogen-bond donors (Lipinski definition) is 0. The Hall–Kier alpha value is -0.846. The van der Waals surface area contributed by atoms with Gasteiger partial charge in [-0.15, -0.1) is 0 Å². The molecule has 37 heavy (non-hydrogen) atoms. The third-order valence-corrected chi connectivity index (χ3v) is 19.2. The van der Waals surface area contributed by atoms with Crippen LogP contribution in [0.1, 0.15) is 80.2 Å². The summed E-state index contributed by atoms with van der Waals surface area (Å²) < 4.78 is 42.2. The van der Waals surface area contributed by atoms with E-state index in [4.69, 9.17) is 8.85 Å². The van der Waals surface area contributed by atoms with Gasteiger partial charge >= 0.3 is 0 Å². The molecule has 0 N–H and O–H groups in total. The van der Waals surface area contributed by atoms with E-state index < -0.39 is 26.7 Å². The van der Waals surface area contributed by atoms with Crippen molar-refractivity contribution in [1.29, 1.82) is 0 Å². The monoisotopic (exact) mass is 571 g/mol. The van der Waals surface area contributed by atoms with Gasteiger partial charge in [0.15, 0.2) is 16.6 Å². The van der Waals surface area contributed by atoms with Crippen LogP contribution in [0.3, 0.4) is 0 Å². The highest BCUT2D eigenvalue weighted by atomic mass is 32.2. The molecule has 0 saturated carbocycles. The number of nitrogens with zero attached hydrogens (tertiary/aromatic N) is 1. The minimum absolute atomic E-state index is 0.0181. The summed E-state index contributed by atoms with van der Waals surface area (Å²) in [5.74, 6) is 0. The van der Waals surface area contributed by atoms with Crippen LogP contribution in [-0.2, 0) is 30.3 Å². The Kier molecular flexibility index (Phi) is 12.0. The third kappa shape index (κ3) is 9.39. The summed E-state index contributed by atoms with van der Waals surface area (Å²) in [6, 6.07) is 6.48. The molecular weight excluding hydrogens is 519 g/mol. The summed E-state index contributed by atoms with van der Waals surface area (Å²) >= 11 is 0. The topological polar surface area (TPSA) is 72.9 Å². The fraction of sp³-hybridized carbons (Fsp3) is 0.750. The van der Waals surface area contributed by atoms with Crippen LogP contribution in [0.25, 0.3) is 0 Å². The molecule has 0 aliphatic carbocycles. The number of rotatable bonds is 14. The number of hydrogen-bond acceptors (Lipinski definition) is 5. The molecule has 0 aromatic heterocycles. The summed E-state index contributed by atoms with van der Waals surface area (Å²) in [6.07, 6.45) is 2.50. The zero-order valence-electron chi connectivity index (χ0n) is 25.5. The number of sulfonamides is 1. The molecule has 1 aromatic rings. The zero-order valence-corrected chi connectivity index (χ0v) is 28.3. The van der Waals surface area contributed by atoms with Crippen LogP contribution in [0.2, 0.25) is 36.3 Å². The normalized spacial score (nSPS) is 14.9. The number of carbonyl (C=O) groups is 1. The van der Waals surface area contributed by atoms with Gasteiger partial charge in [-0.3, -0.25) is 0 Å². The molecule has 1 aromatic carbocycles. The molecule has 6 nitrogen and oxygen atoms in total. The van der Waals surface area contributed by atoms with E-state index in [2.05, 4.69) is 67.7 Å². The first-order chi connectivity index (χ1) is 16.7. The van der Waals surface area contributed by atoms with E-state index in [0.717, 1.165) is 11.8 Å². The first-order valence-corrected chi connectivity index (χ1v) is 20.8. The molecule has 0 bridgehead atoms. The van der Waals surface area contributed by atoms with Gasteiger partial charge in [-0.05, 0) is 80.6 Å². The van der Waals surface area contributed by atoms with Gasteiger partial charge in [0.2, 0.25) is 10.0 Å². The van der Waals surface area contributed by atoms with Crippen LogP contribution >= 0.6 is 0 Å². The molecular formula is C28H53NO5SSi2. The van der Waals surface area contributed by atoms with Crippen molar-refractivity contribution >= 4 is 32.9 Å². The summed E-state index contributed by atoms with van der Waals surface area (Å²) in [5.41, 5.74) is 0.962. The number of unbranched alkanes of at least 4 members (excludes halogenated alkanes) is 1. The Bertz CT molecular complexity index is 962. The van der Waals surface area contributed by atoms with E-state index in [9.17, 15) is 13.2 Å². The van der Waals surface area contributed by atoms with Gasteiger partial charge in [-0.1, -0.05) is 53.7 Å². The number of benzene rings is 1. The highest BCUT2D eigenvalue weighted by molar-refractivity contribution is 7.89. The first kappa shape index (κ1) is 34.2. The Labute approximate surface area is 229 Å². The molecule has 0 unspecified atom stereocenters. The van der Waals surface area contributed by atoms with E-state index in [1.165, 1.54) is 0 Å². The quantitative estimate of drug-likeness (QED) is 0.132. The second kappa shape index (κ2) is 13.0. The molecule has 0 heterocycles. The minimum atomic E-state index is -3.77. The number of carbonyl (C=O) groups excluding carboxylic acids is 1. The molecule has 0 aliphatic heterocycles. The molecule has 0 aliphatic rings. The average molecular weight is 572 g/mol. The summed E-state index contributed by atoms with van der Waals surface area (Å²) in [4.78, 5) is 11.3. The smallest absolute Gasteiger partial charge is 0.243 e. The third-order valence-electron chi connectivity index (χ3n) is 8.08. The Morgan fingerprint density at radius 1 is 0.892 bits per heavy atom. The Morgan fingerprint density at radius 3 is 1.81 bits per heavy atom. The van der Waals surface area contributed by atoms with Crippen molar-refractivity contribution in [3.8, 4) is 0 Å². The predicted molar refractivity (Wildman–Crippen MR) is 159 cm³/mol. The van der Waals surface area contributed by atoms with Gasteiger partial charge < -0.3 is 13.6 Å². The molecule has 0 radical (unpaired) electrons. The van der Waals surface area contributed by atoms with Gasteiger partial charge in [0, 0.05) is 18.5 Å². The summed E-state index contributed by atoms with van der Waals surface area (Å²) in [5, 5.41) is 0.129. The molecule has 214 valence electrons. The molecule has 0 amide bonds. The van der Waals surface area contributed by atoms with E-state index in [1.54, 1.807) is 16.4 Å². The highest BCUT2D eigenvalue weighted by Crippen LogP contribution is 2.38. The lowest BCUT2D eigenvalue weighted by molar-refractivity contribution is -0.108. The molecule has 0 fully saturated rings. The van der Waals surface area contributed by atoms with E-state index in [-0.39, 0.29) is 27.1 Å². The first-order valence-electron chi connectivity index (χ1n) is 13.5. The van der Waals surface area contributed by atoms with Crippen molar-refractivity contribution in [1.82, 2.24) is 4.31 Å². The van der Waals surface area contributed by atoms with Crippen molar-refractivity contribution in [2.24, 2.45) is 0 Å². The largest absolute Gasteiger partial charge is 0.415 e. The van der Waals surface area contributed by atoms with Gasteiger partial charge in [0.25, 0.3) is 0 Å². The minimum Gasteiger partial charge on any atom is -0.415 e. The average Bonchev–Trinajstić information content (AvgIpc) is 2.74. The second-order valence-corrected chi connectivity index (χ2v) is 24.9. The molecule has 9 heteroatoms. The number of aldehydes is 1. The van der Waals surface area contributed by atoms with E-state index >= 15 is 0 Å². The maximum atomic E-state index is 13.9. The van der Waals surface area contributed by atoms with Crippen LogP contribution in [0, 0.1) is 0 Å². The van der Waals surface area contributed by atoms with Crippen LogP contribution in [0.15, 0.2) is 29.2 Å². The molecule has 1 rings (SSSR count). The Morgan fingerprint density at radius 2 is 1.38 bits per heavy atom. The van der Waals surface area contributed by atoms with Gasteiger partial charge in [0.05, 0.1) is 18.1 Å². The summed E-state index contributed by atoms with van der Waals surface area (Å²) in [6.45, 7) is 26.5. The zero-order chi connectivity index (χ0) is 28.9. The van der Waals surface area contributed by atoms with Crippen LogP contribution in [0.4, 0.5) is 0 Å². The SMILES string of the molecule is CC(C)N([C@@H](CCCC=O)CO[Si](C)(C)C(C)(C)C)S(=O)(=O)c1ccc(CO[Si](C)(C)C(C)(C)C)cc1. The van der Waals surface area contributed by atoms with Crippen LogP contribution in [-0.4, -0.2) is 54.3 Å². The molecule has 0 spiro atoms. The van der Waals surface area contributed by atoms with Gasteiger partial charge in [-0.2, -0.15) is 4.31 Å². The van der Waals surface area contributed by atoms with Crippen molar-refractivity contribution in [2.75, 3.05) is 6.61 Å². The standard InChI is InChI=1S/C28H53NO5SSi2/c1-23(2)29(25(15-13-14-20-30)22-34-37(11,12)28(6,7)8)35(31,32)26-18-16-24(17-19-26)21-33-36(9,10)27(3,4)5/h16-20,23,25H,13-15,21-22H2,1-12H3/t25-/m0/s1. The van der Waals surface area contributed by atoms with Gasteiger partial charge in [-0.25, -0.2) is 8.42 Å². The fourth-order valence-corrected chi connectivity index (χ4v) is 7.34. The van der Waals surface area contributed by atoms with Crippen molar-refractivity contribution in [2.45, 2.75) is 135 Å². The fourth-order valence-electron chi connectivity index (χ4n) is 3.50. The maximum Gasteiger partial charge on any atom is 0.243 e. The highest BCUT2D eigenvalue weighted by Gasteiger charge is 2.40. The molecule has 0 saturated heterocycles. The lowest BCUT2D eigenvalue weighted by atomic mass is 10.1.